The Morgan fingerprint density at radius 2 is 1.28 bits per heavy atom. The third-order valence-corrected chi connectivity index (χ3v) is 20.2. The SMILES string of the molecule is CCC(=O)[C@@H]1CSSC[C@H](NC(=O)[C@@H](CCC(=O)O)CC(=O)[C@H](Cc2ccc(O)cc2)NC(=O)CCC(C(=O)O)N2CCN(CC(=O)O)CCN(CC(=O)O)CCN(CC(=O)O)CC2)C(=O)N2C[C@H](O)C[C@H]2C(=O)C[C@@H](Cc2ccc(O)c(Cl)c2)C(=O)NCC(=O)C[C@@H](CC(C)C)C(=O)N1. The fourth-order valence-corrected chi connectivity index (χ4v) is 14.7. The number of rotatable bonds is 28. The van der Waals surface area contributed by atoms with Gasteiger partial charge in [-0.25, -0.2) is 0 Å². The van der Waals surface area contributed by atoms with Gasteiger partial charge in [0.15, 0.2) is 23.1 Å². The summed E-state index contributed by atoms with van der Waals surface area (Å²) in [4.78, 5) is 197. The Kier molecular flexibility index (Phi) is 34.2. The van der Waals surface area contributed by atoms with Crippen LogP contribution in [0.1, 0.15) is 96.1 Å². The average Bonchev–Trinajstić information content (AvgIpc) is 1.63. The summed E-state index contributed by atoms with van der Waals surface area (Å²) in [6.07, 6.45) is -5.79. The Labute approximate surface area is 591 Å². The first-order valence-corrected chi connectivity index (χ1v) is 35.9. The zero-order valence-electron chi connectivity index (χ0n) is 56.1. The molecule has 5 rings (SSSR count). The molecule has 0 aliphatic carbocycles. The molecule has 0 bridgehead atoms. The summed E-state index contributed by atoms with van der Waals surface area (Å²) >= 11 is 6.23. The van der Waals surface area contributed by atoms with Crippen LogP contribution in [0.4, 0.5) is 0 Å². The van der Waals surface area contributed by atoms with Crippen LogP contribution >= 0.6 is 33.2 Å². The van der Waals surface area contributed by atoms with Gasteiger partial charge in [-0.1, -0.05) is 72.2 Å². The molecule has 2 aromatic rings. The molecular weight excluding hydrogens is 1370 g/mol. The van der Waals surface area contributed by atoms with Crippen molar-refractivity contribution in [2.24, 2.45) is 23.7 Å². The van der Waals surface area contributed by atoms with E-state index in [0.717, 1.165) is 26.5 Å². The topological polar surface area (TPSA) is 465 Å². The number of phenols is 2. The molecule has 3 saturated heterocycles. The van der Waals surface area contributed by atoms with E-state index >= 15 is 4.79 Å². The number of nitrogens with zero attached hydrogens (tertiary/aromatic N) is 5. The number of carbonyl (C=O) groups excluding carboxylic acids is 9. The number of aliphatic hydroxyl groups is 1. The summed E-state index contributed by atoms with van der Waals surface area (Å²) in [6.45, 7) is 2.72. The number of carbonyl (C=O) groups is 14. The van der Waals surface area contributed by atoms with E-state index in [1.165, 1.54) is 62.1 Å². The zero-order valence-corrected chi connectivity index (χ0v) is 58.5. The van der Waals surface area contributed by atoms with Gasteiger partial charge in [0.2, 0.25) is 29.5 Å². The van der Waals surface area contributed by atoms with Gasteiger partial charge >= 0.3 is 29.8 Å². The van der Waals surface area contributed by atoms with Crippen molar-refractivity contribution in [3.63, 3.8) is 0 Å². The minimum absolute atomic E-state index is 0.0198. The molecule has 3 fully saturated rings. The van der Waals surface area contributed by atoms with E-state index in [9.17, 15) is 103 Å². The van der Waals surface area contributed by atoms with Crippen LogP contribution < -0.4 is 21.3 Å². The lowest BCUT2D eigenvalue weighted by Crippen LogP contribution is -2.54. The number of aliphatic carboxylic acids is 5. The molecule has 552 valence electrons. The van der Waals surface area contributed by atoms with Crippen LogP contribution in [0.15, 0.2) is 42.5 Å². The van der Waals surface area contributed by atoms with Gasteiger partial charge in [-0.3, -0.25) is 86.7 Å². The van der Waals surface area contributed by atoms with Crippen molar-refractivity contribution in [3.8, 4) is 11.5 Å². The molecule has 3 aliphatic heterocycles. The predicted octanol–water partition coefficient (Wildman–Crippen LogP) is 0.789. The van der Waals surface area contributed by atoms with Gasteiger partial charge in [0, 0.05) is 133 Å². The van der Waals surface area contributed by atoms with Crippen molar-refractivity contribution in [2.45, 2.75) is 134 Å². The van der Waals surface area contributed by atoms with E-state index in [0.29, 0.717) is 11.1 Å². The second-order valence-electron chi connectivity index (χ2n) is 25.8. The number of ketones is 4. The minimum Gasteiger partial charge on any atom is -0.508 e. The maximum atomic E-state index is 15.1. The van der Waals surface area contributed by atoms with Crippen LogP contribution in [0, 0.1) is 23.7 Å². The van der Waals surface area contributed by atoms with Gasteiger partial charge in [-0.15, -0.1) is 0 Å². The number of aromatic hydroxyl groups is 2. The molecule has 34 heteroatoms. The number of nitrogens with one attached hydrogen (secondary N) is 4. The van der Waals surface area contributed by atoms with Crippen LogP contribution in [-0.4, -0.2) is 281 Å². The van der Waals surface area contributed by atoms with Crippen molar-refractivity contribution >= 4 is 116 Å². The van der Waals surface area contributed by atoms with Gasteiger partial charge in [-0.2, -0.15) is 0 Å². The maximum Gasteiger partial charge on any atom is 0.320 e. The molecule has 100 heavy (non-hydrogen) atoms. The number of Topliss-reactive ketones (excluding diaryl/α,β-unsaturated/α-hetero) is 4. The number of fused-ring (bicyclic) bond motifs is 1. The summed E-state index contributed by atoms with van der Waals surface area (Å²) in [6, 6.07) is 2.46. The van der Waals surface area contributed by atoms with Crippen molar-refractivity contribution < 1.29 is 108 Å². The molecule has 5 amide bonds. The lowest BCUT2D eigenvalue weighted by molar-refractivity contribution is -0.145. The predicted molar refractivity (Wildman–Crippen MR) is 364 cm³/mol. The Morgan fingerprint density at radius 1 is 0.700 bits per heavy atom. The number of halogens is 1. The standard InChI is InChI=1S/C66H92ClN9O22S2/c1-4-53(80)49-36-99-100-37-50(65(96)76-32-46(79)30-52(76)56(83)29-43(24-40-7-12-54(81)47(67)25-40)62(93)68-31-45(78)27-42(23-38(2)3)64(95)70-49)71-63(94)41(8-14-58(85)86)28-55(82)48(26-39-5-9-44(77)10-6-39)69-57(84)13-11-51(66(97)98)75-21-19-73(34-60(89)90)17-15-72(33-59(87)88)16-18-74(20-22-75)35-61(91)92/h5-7,9-10,12,25,38,41-43,46,48-52,77,79,81H,4,8,11,13-24,26-37H2,1-3H3,(H,68,93)(H,69,84)(H,70,95)(H,71,94)(H,85,86)(H,87,88)(H,89,90)(H,91,92)(H,97,98)/t41-,42+,43+,46+,48-,49-,50-,51?,52-/m0/s1. The highest BCUT2D eigenvalue weighted by Crippen LogP contribution is 2.31. The molecule has 2 aromatic carbocycles. The molecule has 0 radical (unpaired) electrons. The van der Waals surface area contributed by atoms with E-state index in [2.05, 4.69) is 21.3 Å². The second-order valence-corrected chi connectivity index (χ2v) is 28.7. The molecule has 12 N–H and O–H groups in total. The normalized spacial score (nSPS) is 22.3. The highest BCUT2D eigenvalue weighted by Gasteiger charge is 2.44. The van der Waals surface area contributed by atoms with Crippen LogP contribution in [0.2, 0.25) is 5.02 Å². The third-order valence-electron chi connectivity index (χ3n) is 17.5. The van der Waals surface area contributed by atoms with E-state index in [1.807, 2.05) is 13.8 Å². The van der Waals surface area contributed by atoms with Gasteiger partial charge in [0.25, 0.3) is 0 Å². The third kappa shape index (κ3) is 28.3. The summed E-state index contributed by atoms with van der Waals surface area (Å²) in [7, 11) is 1.99. The number of hydrogen-bond donors (Lipinski definition) is 12. The van der Waals surface area contributed by atoms with Crippen LogP contribution in [0.5, 0.6) is 11.5 Å². The fraction of sp³-hybridized carbons (Fsp3) is 0.606. The minimum atomic E-state index is -1.63. The monoisotopic (exact) mass is 1460 g/mol. The Bertz CT molecular complexity index is 3210. The lowest BCUT2D eigenvalue weighted by Gasteiger charge is -2.35. The number of benzene rings is 2. The Hall–Kier alpha value is -7.79. The number of carboxylic acid groups (broad SMARTS) is 5. The summed E-state index contributed by atoms with van der Waals surface area (Å²) in [5, 5.41) is 91.7. The summed E-state index contributed by atoms with van der Waals surface area (Å²) in [5.41, 5.74) is 0.767. The smallest absolute Gasteiger partial charge is 0.320 e. The number of phenolic OH excluding ortho intramolecular Hbond substituents is 2. The van der Waals surface area contributed by atoms with E-state index in [-0.39, 0.29) is 131 Å². The molecule has 3 aliphatic rings. The first-order chi connectivity index (χ1) is 47.3. The molecule has 0 aromatic heterocycles. The highest BCUT2D eigenvalue weighted by molar-refractivity contribution is 8.76. The average molecular weight is 1460 g/mol. The molecule has 3 heterocycles. The van der Waals surface area contributed by atoms with Crippen LogP contribution in [0.25, 0.3) is 0 Å². The van der Waals surface area contributed by atoms with E-state index in [1.54, 1.807) is 6.92 Å². The number of hydrogen-bond acceptors (Lipinski definition) is 23. The maximum absolute atomic E-state index is 15.1. The van der Waals surface area contributed by atoms with Crippen LogP contribution in [0.3, 0.4) is 0 Å². The van der Waals surface area contributed by atoms with Gasteiger partial charge in [0.1, 0.15) is 23.6 Å². The first-order valence-electron chi connectivity index (χ1n) is 33.1. The molecule has 1 unspecified atom stereocenters. The number of carboxylic acids is 5. The lowest BCUT2D eigenvalue weighted by atomic mass is 9.89. The molecule has 0 saturated carbocycles. The van der Waals surface area contributed by atoms with Crippen molar-refractivity contribution in [2.75, 3.05) is 96.6 Å². The zero-order chi connectivity index (χ0) is 73.9. The molecule has 9 atom stereocenters. The van der Waals surface area contributed by atoms with E-state index in [4.69, 9.17) is 11.6 Å². The van der Waals surface area contributed by atoms with Crippen molar-refractivity contribution in [1.29, 1.82) is 0 Å². The number of aliphatic hydroxyl groups excluding tert-OH is 1. The molecule has 0 spiro atoms. The quantitative estimate of drug-likeness (QED) is 0.0524. The van der Waals surface area contributed by atoms with Crippen molar-refractivity contribution in [1.82, 2.24) is 45.8 Å². The Morgan fingerprint density at radius 3 is 1.83 bits per heavy atom. The largest absolute Gasteiger partial charge is 0.508 e. The second kappa shape index (κ2) is 41.2. The molecule has 31 nitrogen and oxygen atoms in total. The molecular formula is C66H92ClN9O22S2. The van der Waals surface area contributed by atoms with Crippen LogP contribution in [-0.2, 0) is 80.0 Å². The van der Waals surface area contributed by atoms with E-state index < -0.39 is 202 Å². The summed E-state index contributed by atoms with van der Waals surface area (Å²) < 4.78 is 0. The highest BCUT2D eigenvalue weighted by atomic mass is 35.5. The van der Waals surface area contributed by atoms with Gasteiger partial charge in [-0.05, 0) is 73.4 Å². The summed E-state index contributed by atoms with van der Waals surface area (Å²) in [5.74, 6) is -17.8. The number of amides is 5. The Balaban J connectivity index is 1.47. The van der Waals surface area contributed by atoms with Gasteiger partial charge in [0.05, 0.1) is 55.4 Å². The first kappa shape index (κ1) is 82.9. The fourth-order valence-electron chi connectivity index (χ4n) is 12.2. The van der Waals surface area contributed by atoms with Gasteiger partial charge < -0.3 is 67.0 Å². The van der Waals surface area contributed by atoms with Crippen molar-refractivity contribution in [3.05, 3.63) is 58.6 Å².